The van der Waals surface area contributed by atoms with Crippen molar-refractivity contribution in [1.29, 1.82) is 5.26 Å². The first-order valence-electron chi connectivity index (χ1n) is 7.23. The molecule has 0 aliphatic rings. The molecule has 2 aromatic carbocycles. The van der Waals surface area contributed by atoms with E-state index in [1.165, 1.54) is 23.5 Å². The molecule has 0 saturated heterocycles. The average Bonchev–Trinajstić information content (AvgIpc) is 3.04. The molecule has 0 atom stereocenters. The number of hydrogen-bond donors (Lipinski definition) is 2. The van der Waals surface area contributed by atoms with Gasteiger partial charge in [0.05, 0.1) is 10.2 Å². The van der Waals surface area contributed by atoms with Crippen LogP contribution in [0.4, 0.5) is 0 Å². The van der Waals surface area contributed by atoms with Gasteiger partial charge in [0.2, 0.25) is 0 Å². The summed E-state index contributed by atoms with van der Waals surface area (Å²) >= 11 is 1.29. The van der Waals surface area contributed by atoms with E-state index in [2.05, 4.69) is 4.98 Å². The molecule has 0 aliphatic carbocycles. The van der Waals surface area contributed by atoms with Crippen molar-refractivity contribution in [2.45, 2.75) is 0 Å². The lowest BCUT2D eigenvalue weighted by atomic mass is 10.2. The number of rotatable bonds is 5. The number of hydrogen-bond acceptors (Lipinski definition) is 6. The number of carboxylic acid groups (broad SMARTS) is 1. The molecule has 0 bridgehead atoms. The molecule has 0 unspecified atom stereocenters. The Morgan fingerprint density at radius 3 is 2.60 bits per heavy atom. The van der Waals surface area contributed by atoms with E-state index in [9.17, 15) is 15.2 Å². The van der Waals surface area contributed by atoms with Crippen LogP contribution < -0.4 is 4.74 Å². The van der Waals surface area contributed by atoms with Crippen LogP contribution >= 0.6 is 11.3 Å². The highest BCUT2D eigenvalue weighted by atomic mass is 32.1. The molecule has 0 amide bonds. The number of aromatic nitrogens is 1. The van der Waals surface area contributed by atoms with Crippen LogP contribution in [0.15, 0.2) is 54.3 Å². The second kappa shape index (κ2) is 7.03. The summed E-state index contributed by atoms with van der Waals surface area (Å²) in [5, 5.41) is 29.1. The van der Waals surface area contributed by atoms with Crippen LogP contribution in [0.25, 0.3) is 15.8 Å². The van der Waals surface area contributed by atoms with E-state index in [0.717, 1.165) is 10.2 Å². The lowest BCUT2D eigenvalue weighted by Crippen LogP contribution is -2.07. The number of thiazole rings is 1. The number of para-hydroxylation sites is 2. The third-order valence-corrected chi connectivity index (χ3v) is 4.44. The van der Waals surface area contributed by atoms with E-state index in [1.54, 1.807) is 12.1 Å². The van der Waals surface area contributed by atoms with Crippen molar-refractivity contribution in [3.8, 4) is 11.8 Å². The quantitative estimate of drug-likeness (QED) is 0.534. The van der Waals surface area contributed by atoms with Crippen LogP contribution in [0, 0.1) is 11.3 Å². The van der Waals surface area contributed by atoms with E-state index in [0.29, 0.717) is 5.01 Å². The maximum atomic E-state index is 11.2. The molecule has 3 aromatic rings. The Bertz CT molecular complexity index is 984. The van der Waals surface area contributed by atoms with Crippen molar-refractivity contribution in [3.05, 3.63) is 64.9 Å². The zero-order valence-electron chi connectivity index (χ0n) is 12.8. The Kier molecular flexibility index (Phi) is 4.64. The van der Waals surface area contributed by atoms with Crippen LogP contribution in [0.2, 0.25) is 0 Å². The minimum absolute atomic E-state index is 0.00834. The Morgan fingerprint density at radius 1 is 1.16 bits per heavy atom. The Morgan fingerprint density at radius 2 is 1.88 bits per heavy atom. The lowest BCUT2D eigenvalue weighted by Gasteiger charge is -2.09. The number of nitrogens with zero attached hydrogens (tertiary/aromatic N) is 2. The topological polar surface area (TPSA) is 103 Å². The van der Waals surface area contributed by atoms with Crippen LogP contribution in [-0.4, -0.2) is 27.8 Å². The third kappa shape index (κ3) is 3.44. The van der Waals surface area contributed by atoms with E-state index < -0.39 is 5.97 Å². The predicted octanol–water partition coefficient (Wildman–Crippen LogP) is 3.87. The van der Waals surface area contributed by atoms with Gasteiger partial charge in [-0.25, -0.2) is 9.78 Å². The Balaban J connectivity index is 1.88. The molecule has 0 radical (unpaired) electrons. The zero-order valence-corrected chi connectivity index (χ0v) is 13.7. The molecule has 1 heterocycles. The zero-order chi connectivity index (χ0) is 17.8. The lowest BCUT2D eigenvalue weighted by molar-refractivity contribution is 0.0692. The van der Waals surface area contributed by atoms with Gasteiger partial charge in [-0.2, -0.15) is 5.26 Å². The summed E-state index contributed by atoms with van der Waals surface area (Å²) in [6.07, 6.45) is 0. The standard InChI is InChI=1S/C18H12N2O4S/c19-9-12(17-20-13-6-2-4-8-16(13)25-17)14(21)10-24-15-7-3-1-5-11(15)18(22)23/h1-8,21H,10H2,(H,22,23)/b14-12-. The monoisotopic (exact) mass is 352 g/mol. The highest BCUT2D eigenvalue weighted by molar-refractivity contribution is 7.19. The van der Waals surface area contributed by atoms with Crippen molar-refractivity contribution in [2.75, 3.05) is 6.61 Å². The first-order chi connectivity index (χ1) is 12.1. The van der Waals surface area contributed by atoms with Gasteiger partial charge < -0.3 is 14.9 Å². The fraction of sp³-hybridized carbons (Fsp3) is 0.0556. The molecule has 0 aliphatic heterocycles. The highest BCUT2D eigenvalue weighted by Crippen LogP contribution is 2.28. The summed E-state index contributed by atoms with van der Waals surface area (Å²) < 4.78 is 6.27. The smallest absolute Gasteiger partial charge is 0.339 e. The molecular weight excluding hydrogens is 340 g/mol. The van der Waals surface area contributed by atoms with Crippen LogP contribution in [0.1, 0.15) is 15.4 Å². The number of carbonyl (C=O) groups is 1. The largest absolute Gasteiger partial charge is 0.507 e. The molecule has 6 nitrogen and oxygen atoms in total. The summed E-state index contributed by atoms with van der Waals surface area (Å²) in [6.45, 7) is -0.330. The van der Waals surface area contributed by atoms with Gasteiger partial charge in [-0.15, -0.1) is 11.3 Å². The SMILES string of the molecule is N#C/C(=C(/O)COc1ccccc1C(=O)O)c1nc2ccccc2s1. The molecule has 1 aromatic heterocycles. The normalized spacial score (nSPS) is 11.6. The van der Waals surface area contributed by atoms with Crippen LogP contribution in [0.3, 0.4) is 0 Å². The fourth-order valence-corrected chi connectivity index (χ4v) is 3.19. The molecule has 124 valence electrons. The number of aliphatic hydroxyl groups excluding tert-OH is 1. The van der Waals surface area contributed by atoms with Crippen molar-refractivity contribution in [1.82, 2.24) is 4.98 Å². The Hall–Kier alpha value is -3.37. The number of allylic oxidation sites excluding steroid dienone is 1. The van der Waals surface area contributed by atoms with Gasteiger partial charge in [0, 0.05) is 0 Å². The van der Waals surface area contributed by atoms with Gasteiger partial charge in [-0.05, 0) is 24.3 Å². The Labute approximate surface area is 146 Å². The van der Waals surface area contributed by atoms with Crippen molar-refractivity contribution < 1.29 is 19.7 Å². The first kappa shape index (κ1) is 16.5. The number of aliphatic hydroxyl groups is 1. The fourth-order valence-electron chi connectivity index (χ4n) is 2.20. The molecular formula is C18H12N2O4S. The van der Waals surface area contributed by atoms with E-state index >= 15 is 0 Å². The molecule has 2 N–H and O–H groups in total. The molecule has 0 spiro atoms. The van der Waals surface area contributed by atoms with Gasteiger partial charge in [0.15, 0.2) is 5.76 Å². The average molecular weight is 352 g/mol. The summed E-state index contributed by atoms with van der Waals surface area (Å²) in [5.74, 6) is -1.32. The summed E-state index contributed by atoms with van der Waals surface area (Å²) in [7, 11) is 0. The first-order valence-corrected chi connectivity index (χ1v) is 8.05. The number of carboxylic acids is 1. The van der Waals surface area contributed by atoms with E-state index in [1.807, 2.05) is 30.3 Å². The van der Waals surface area contributed by atoms with E-state index in [4.69, 9.17) is 9.84 Å². The molecule has 25 heavy (non-hydrogen) atoms. The minimum Gasteiger partial charge on any atom is -0.507 e. The van der Waals surface area contributed by atoms with Crippen molar-refractivity contribution in [3.63, 3.8) is 0 Å². The second-order valence-electron chi connectivity index (χ2n) is 5.01. The molecule has 7 heteroatoms. The number of aromatic carboxylic acids is 1. The van der Waals surface area contributed by atoms with Gasteiger partial charge in [0.25, 0.3) is 0 Å². The molecule has 0 saturated carbocycles. The maximum Gasteiger partial charge on any atom is 0.339 e. The van der Waals surface area contributed by atoms with E-state index in [-0.39, 0.29) is 29.3 Å². The summed E-state index contributed by atoms with van der Waals surface area (Å²) in [6, 6.07) is 15.4. The van der Waals surface area contributed by atoms with Gasteiger partial charge in [-0.1, -0.05) is 24.3 Å². The summed E-state index contributed by atoms with van der Waals surface area (Å²) in [4.78, 5) is 15.5. The molecule has 3 rings (SSSR count). The number of nitriles is 1. The van der Waals surface area contributed by atoms with Gasteiger partial charge in [0.1, 0.15) is 34.6 Å². The summed E-state index contributed by atoms with van der Waals surface area (Å²) in [5.41, 5.74) is 0.725. The molecule has 0 fully saturated rings. The maximum absolute atomic E-state index is 11.2. The third-order valence-electron chi connectivity index (χ3n) is 3.39. The van der Waals surface area contributed by atoms with Crippen molar-refractivity contribution in [2.24, 2.45) is 0 Å². The van der Waals surface area contributed by atoms with Crippen LogP contribution in [0.5, 0.6) is 5.75 Å². The second-order valence-corrected chi connectivity index (χ2v) is 6.04. The number of fused-ring (bicyclic) bond motifs is 1. The predicted molar refractivity (Wildman–Crippen MR) is 93.7 cm³/mol. The number of benzene rings is 2. The van der Waals surface area contributed by atoms with Crippen LogP contribution in [-0.2, 0) is 0 Å². The highest BCUT2D eigenvalue weighted by Gasteiger charge is 2.16. The number of ether oxygens (including phenoxy) is 1. The van der Waals surface area contributed by atoms with Gasteiger partial charge in [-0.3, -0.25) is 0 Å². The minimum atomic E-state index is -1.13. The van der Waals surface area contributed by atoms with Crippen molar-refractivity contribution >= 4 is 33.1 Å². The van der Waals surface area contributed by atoms with Gasteiger partial charge >= 0.3 is 5.97 Å².